The third kappa shape index (κ3) is 10.3. The van der Waals surface area contributed by atoms with E-state index in [4.69, 9.17) is 28.0 Å². The zero-order valence-electron chi connectivity index (χ0n) is 19.1. The molecule has 0 unspecified atom stereocenters. The molecule has 1 saturated heterocycles. The van der Waals surface area contributed by atoms with E-state index in [1.807, 2.05) is 0 Å². The first-order valence-corrected chi connectivity index (χ1v) is 11.0. The molecule has 15 heteroatoms. The second-order valence-electron chi connectivity index (χ2n) is 7.93. The topological polar surface area (TPSA) is 266 Å². The molecule has 0 spiro atoms. The number of carboxylic acids is 1. The lowest BCUT2D eigenvalue weighted by Gasteiger charge is -2.26. The lowest BCUT2D eigenvalue weighted by atomic mass is 10.1. The molecule has 0 radical (unpaired) electrons. The minimum atomic E-state index is -1.20. The first kappa shape index (κ1) is 28.4. The van der Waals surface area contributed by atoms with Crippen molar-refractivity contribution in [1.82, 2.24) is 26.2 Å². The Hall–Kier alpha value is -3.62. The number of aliphatic carboxylic acids is 1. The van der Waals surface area contributed by atoms with Gasteiger partial charge in [-0.2, -0.15) is 0 Å². The van der Waals surface area contributed by atoms with E-state index >= 15 is 0 Å². The molecule has 1 aliphatic rings. The Balaban J connectivity index is 2.51. The number of rotatable bonds is 14. The highest BCUT2D eigenvalue weighted by atomic mass is 16.4. The molecule has 0 aromatic heterocycles. The summed E-state index contributed by atoms with van der Waals surface area (Å²) in [5, 5.41) is 33.6. The smallest absolute Gasteiger partial charge is 0.326 e. The van der Waals surface area contributed by atoms with Gasteiger partial charge in [-0.1, -0.05) is 0 Å². The van der Waals surface area contributed by atoms with Crippen LogP contribution in [0.5, 0.6) is 0 Å². The number of nitrogens with one attached hydrogen (secondary N) is 6. The van der Waals surface area contributed by atoms with Gasteiger partial charge in [0, 0.05) is 19.6 Å². The minimum absolute atomic E-state index is 0.123. The fourth-order valence-corrected chi connectivity index (χ4v) is 3.46. The molecule has 3 atom stereocenters. The van der Waals surface area contributed by atoms with Crippen molar-refractivity contribution in [3.8, 4) is 0 Å². The molecule has 1 heterocycles. The SMILES string of the molecule is N=C(N)NCCC[C@H](NC(=O)[C@@H]1CCCN1C(=O)CNC(=O)[C@@H](N)CCCNC(=N)N)C(=O)O. The average molecular weight is 485 g/mol. The highest BCUT2D eigenvalue weighted by Gasteiger charge is 2.35. The van der Waals surface area contributed by atoms with Gasteiger partial charge in [0.15, 0.2) is 11.9 Å². The van der Waals surface area contributed by atoms with Gasteiger partial charge in [-0.3, -0.25) is 25.2 Å². The standard InChI is InChI=1S/C19H36N10O5/c20-11(4-1-7-25-18(21)22)15(31)27-10-14(30)29-9-3-6-13(29)16(32)28-12(17(33)34)5-2-8-26-19(23)24/h11-13H,1-10,20H2,(H,27,31)(H,28,32)(H,33,34)(H4,21,22,25)(H4,23,24,26)/t11-,12-,13-/m0/s1. The molecule has 1 rings (SSSR count). The van der Waals surface area contributed by atoms with Crippen molar-refractivity contribution in [2.75, 3.05) is 26.2 Å². The molecular formula is C19H36N10O5. The molecule has 0 aromatic carbocycles. The number of guanidine groups is 2. The van der Waals surface area contributed by atoms with Crippen molar-refractivity contribution in [3.05, 3.63) is 0 Å². The van der Waals surface area contributed by atoms with Gasteiger partial charge < -0.3 is 48.5 Å². The first-order valence-electron chi connectivity index (χ1n) is 11.0. The van der Waals surface area contributed by atoms with Crippen LogP contribution in [0.15, 0.2) is 0 Å². The molecule has 1 fully saturated rings. The molecule has 0 aromatic rings. The summed E-state index contributed by atoms with van der Waals surface area (Å²) in [7, 11) is 0. The van der Waals surface area contributed by atoms with Crippen molar-refractivity contribution in [1.29, 1.82) is 10.8 Å². The molecule has 0 aliphatic carbocycles. The summed E-state index contributed by atoms with van der Waals surface area (Å²) in [4.78, 5) is 50.2. The Bertz CT molecular complexity index is 762. The zero-order valence-corrected chi connectivity index (χ0v) is 19.1. The maximum absolute atomic E-state index is 12.7. The second-order valence-corrected chi connectivity index (χ2v) is 7.93. The van der Waals surface area contributed by atoms with Crippen LogP contribution in [0.4, 0.5) is 0 Å². The summed E-state index contributed by atoms with van der Waals surface area (Å²) >= 11 is 0. The maximum Gasteiger partial charge on any atom is 0.326 e. The van der Waals surface area contributed by atoms with Crippen molar-refractivity contribution in [3.63, 3.8) is 0 Å². The average Bonchev–Trinajstić information content (AvgIpc) is 3.26. The third-order valence-corrected chi connectivity index (χ3v) is 5.23. The van der Waals surface area contributed by atoms with Gasteiger partial charge in [0.25, 0.3) is 0 Å². The van der Waals surface area contributed by atoms with E-state index < -0.39 is 41.8 Å². The highest BCUT2D eigenvalue weighted by molar-refractivity contribution is 5.93. The lowest BCUT2D eigenvalue weighted by Crippen LogP contribution is -2.53. The van der Waals surface area contributed by atoms with Crippen LogP contribution in [0.2, 0.25) is 0 Å². The molecule has 1 aliphatic heterocycles. The third-order valence-electron chi connectivity index (χ3n) is 5.23. The van der Waals surface area contributed by atoms with Crippen LogP contribution in [0.3, 0.4) is 0 Å². The summed E-state index contributed by atoms with van der Waals surface area (Å²) in [5.74, 6) is -3.15. The number of hydrogen-bond acceptors (Lipinski definition) is 7. The number of amides is 3. The number of likely N-dealkylation sites (tertiary alicyclic amines) is 1. The number of carbonyl (C=O) groups excluding carboxylic acids is 3. The Morgan fingerprint density at radius 1 is 1.00 bits per heavy atom. The van der Waals surface area contributed by atoms with Crippen molar-refractivity contribution < 1.29 is 24.3 Å². The summed E-state index contributed by atoms with van der Waals surface area (Å²) in [6.45, 7) is 0.666. The normalized spacial score (nSPS) is 16.7. The van der Waals surface area contributed by atoms with Gasteiger partial charge in [-0.05, 0) is 38.5 Å². The van der Waals surface area contributed by atoms with Gasteiger partial charge in [0.2, 0.25) is 17.7 Å². The van der Waals surface area contributed by atoms with E-state index in [-0.39, 0.29) is 31.4 Å². The summed E-state index contributed by atoms with van der Waals surface area (Å²) in [5.41, 5.74) is 16.2. The quantitative estimate of drug-likeness (QED) is 0.0660. The Labute approximate surface area is 197 Å². The zero-order chi connectivity index (χ0) is 25.7. The lowest BCUT2D eigenvalue weighted by molar-refractivity contribution is -0.144. The predicted molar refractivity (Wildman–Crippen MR) is 124 cm³/mol. The summed E-state index contributed by atoms with van der Waals surface area (Å²) in [6, 6.07) is -2.81. The molecule has 0 saturated carbocycles. The van der Waals surface area contributed by atoms with Crippen molar-refractivity contribution in [2.24, 2.45) is 17.2 Å². The predicted octanol–water partition coefficient (Wildman–Crippen LogP) is -3.48. The van der Waals surface area contributed by atoms with Gasteiger partial charge in [-0.25, -0.2) is 4.79 Å². The van der Waals surface area contributed by atoms with Gasteiger partial charge >= 0.3 is 5.97 Å². The van der Waals surface area contributed by atoms with Crippen LogP contribution in [-0.2, 0) is 19.2 Å². The number of nitrogens with zero attached hydrogens (tertiary/aromatic N) is 1. The highest BCUT2D eigenvalue weighted by Crippen LogP contribution is 2.18. The molecule has 3 amide bonds. The van der Waals surface area contributed by atoms with E-state index in [1.165, 1.54) is 4.90 Å². The molecule has 0 bridgehead atoms. The van der Waals surface area contributed by atoms with Crippen LogP contribution in [-0.4, -0.2) is 89.9 Å². The summed E-state index contributed by atoms with van der Waals surface area (Å²) in [6.07, 6.45) is 2.27. The van der Waals surface area contributed by atoms with E-state index in [2.05, 4.69) is 21.3 Å². The van der Waals surface area contributed by atoms with Crippen molar-refractivity contribution >= 4 is 35.6 Å². The molecule has 34 heavy (non-hydrogen) atoms. The van der Waals surface area contributed by atoms with Crippen LogP contribution < -0.4 is 38.5 Å². The first-order chi connectivity index (χ1) is 16.0. The van der Waals surface area contributed by atoms with Gasteiger partial charge in [0.1, 0.15) is 12.1 Å². The Kier molecular flexibility index (Phi) is 12.1. The fraction of sp³-hybridized carbons (Fsp3) is 0.684. The number of nitrogens with two attached hydrogens (primary N) is 3. The minimum Gasteiger partial charge on any atom is -0.480 e. The van der Waals surface area contributed by atoms with Crippen LogP contribution in [0.1, 0.15) is 38.5 Å². The molecule has 192 valence electrons. The second kappa shape index (κ2) is 14.5. The van der Waals surface area contributed by atoms with Crippen LogP contribution in [0, 0.1) is 10.8 Å². The molecule has 13 N–H and O–H groups in total. The largest absolute Gasteiger partial charge is 0.480 e. The monoisotopic (exact) mass is 484 g/mol. The fourth-order valence-electron chi connectivity index (χ4n) is 3.46. The Morgan fingerprint density at radius 3 is 2.15 bits per heavy atom. The van der Waals surface area contributed by atoms with Gasteiger partial charge in [-0.15, -0.1) is 0 Å². The molecule has 15 nitrogen and oxygen atoms in total. The number of hydrogen-bond donors (Lipinski definition) is 10. The maximum atomic E-state index is 12.7. The van der Waals surface area contributed by atoms with Crippen molar-refractivity contribution in [2.45, 2.75) is 56.7 Å². The van der Waals surface area contributed by atoms with E-state index in [0.29, 0.717) is 45.2 Å². The van der Waals surface area contributed by atoms with Gasteiger partial charge in [0.05, 0.1) is 12.6 Å². The Morgan fingerprint density at radius 2 is 1.59 bits per heavy atom. The van der Waals surface area contributed by atoms with E-state index in [0.717, 1.165) is 0 Å². The van der Waals surface area contributed by atoms with Crippen LogP contribution >= 0.6 is 0 Å². The summed E-state index contributed by atoms with van der Waals surface area (Å²) < 4.78 is 0. The van der Waals surface area contributed by atoms with E-state index in [9.17, 15) is 24.3 Å². The number of carboxylic acid groups (broad SMARTS) is 1. The number of carbonyl (C=O) groups is 4. The molecular weight excluding hydrogens is 448 g/mol. The van der Waals surface area contributed by atoms with E-state index in [1.54, 1.807) is 0 Å². The van der Waals surface area contributed by atoms with Crippen LogP contribution in [0.25, 0.3) is 0 Å².